The molecule has 11 aromatic rings. The Labute approximate surface area is 313 Å². The van der Waals surface area contributed by atoms with Gasteiger partial charge in [-0.25, -0.2) is 0 Å². The van der Waals surface area contributed by atoms with Gasteiger partial charge in [-0.15, -0.1) is 0 Å². The van der Waals surface area contributed by atoms with Gasteiger partial charge in [-0.2, -0.15) is 0 Å². The summed E-state index contributed by atoms with van der Waals surface area (Å²) >= 11 is 0. The maximum Gasteiger partial charge on any atom is 0.0547 e. The van der Waals surface area contributed by atoms with Crippen LogP contribution in [0.25, 0.3) is 99.1 Å². The molecule has 0 saturated carbocycles. The highest BCUT2D eigenvalue weighted by molar-refractivity contribution is 6.17. The van der Waals surface area contributed by atoms with Gasteiger partial charge >= 0.3 is 0 Å². The summed E-state index contributed by atoms with van der Waals surface area (Å²) in [5.41, 5.74) is 14.4. The Balaban J connectivity index is 1.11. The zero-order chi connectivity index (χ0) is 35.6. The molecule has 0 unspecified atom stereocenters. The van der Waals surface area contributed by atoms with Gasteiger partial charge in [0, 0.05) is 32.9 Å². The molecule has 0 aliphatic carbocycles. The van der Waals surface area contributed by atoms with Crippen molar-refractivity contribution in [2.24, 2.45) is 0 Å². The second-order valence-corrected chi connectivity index (χ2v) is 14.2. The lowest BCUT2D eigenvalue weighted by Gasteiger charge is -2.11. The summed E-state index contributed by atoms with van der Waals surface area (Å²) in [5, 5.41) is 7.51. The zero-order valence-electron chi connectivity index (χ0n) is 29.5. The number of benzene rings is 9. The topological polar surface area (TPSA) is 9.86 Å². The van der Waals surface area contributed by atoms with Crippen LogP contribution in [-0.2, 0) is 0 Å². The number of hydrogen-bond acceptors (Lipinski definition) is 0. The van der Waals surface area contributed by atoms with Gasteiger partial charge in [0.15, 0.2) is 0 Å². The average Bonchev–Trinajstić information content (AvgIpc) is 3.76. The van der Waals surface area contributed by atoms with Crippen molar-refractivity contribution in [2.75, 3.05) is 0 Å². The number of hydrogen-bond donors (Lipinski definition) is 0. The van der Waals surface area contributed by atoms with Crippen molar-refractivity contribution in [3.8, 4) is 44.8 Å². The van der Waals surface area contributed by atoms with Gasteiger partial charge in [0.25, 0.3) is 0 Å². The largest absolute Gasteiger partial charge is 0.309 e. The molecule has 2 heterocycles. The van der Waals surface area contributed by atoms with E-state index in [9.17, 15) is 0 Å². The van der Waals surface area contributed by atoms with Crippen LogP contribution in [0, 0.1) is 0 Å². The quantitative estimate of drug-likeness (QED) is 0.171. The third kappa shape index (κ3) is 4.81. The van der Waals surface area contributed by atoms with Gasteiger partial charge in [-0.3, -0.25) is 0 Å². The first-order chi connectivity index (χ1) is 26.8. The van der Waals surface area contributed by atoms with Crippen LogP contribution in [-0.4, -0.2) is 9.13 Å². The van der Waals surface area contributed by atoms with Crippen LogP contribution in [0.3, 0.4) is 0 Å². The van der Waals surface area contributed by atoms with E-state index in [1.807, 2.05) is 0 Å². The first-order valence-corrected chi connectivity index (χ1v) is 18.6. The van der Waals surface area contributed by atoms with Crippen LogP contribution >= 0.6 is 0 Å². The maximum atomic E-state index is 2.43. The first-order valence-electron chi connectivity index (χ1n) is 18.6. The molecular weight excluding hydrogens is 653 g/mol. The molecule has 0 spiro atoms. The van der Waals surface area contributed by atoms with E-state index in [0.717, 1.165) is 5.69 Å². The normalized spacial score (nSPS) is 11.7. The van der Waals surface area contributed by atoms with Crippen LogP contribution in [0.4, 0.5) is 0 Å². The molecule has 0 saturated heterocycles. The molecule has 2 heteroatoms. The Bertz CT molecular complexity index is 3180. The van der Waals surface area contributed by atoms with Crippen LogP contribution in [0.2, 0.25) is 0 Å². The van der Waals surface area contributed by atoms with E-state index in [0.29, 0.717) is 0 Å². The highest BCUT2D eigenvalue weighted by atomic mass is 15.0. The van der Waals surface area contributed by atoms with E-state index < -0.39 is 0 Å². The van der Waals surface area contributed by atoms with Gasteiger partial charge in [-0.05, 0) is 105 Å². The van der Waals surface area contributed by atoms with Crippen LogP contribution in [0.5, 0.6) is 0 Å². The number of fused-ring (bicyclic) bond motifs is 7. The summed E-state index contributed by atoms with van der Waals surface area (Å²) in [6, 6.07) is 75.2. The van der Waals surface area contributed by atoms with Gasteiger partial charge in [-0.1, -0.05) is 146 Å². The van der Waals surface area contributed by atoms with Crippen LogP contribution in [0.15, 0.2) is 206 Å². The number of rotatable bonds is 5. The smallest absolute Gasteiger partial charge is 0.0547 e. The molecule has 252 valence electrons. The molecule has 0 fully saturated rings. The van der Waals surface area contributed by atoms with Crippen molar-refractivity contribution in [3.05, 3.63) is 206 Å². The predicted octanol–water partition coefficient (Wildman–Crippen LogP) is 14.0. The summed E-state index contributed by atoms with van der Waals surface area (Å²) in [6.45, 7) is 0. The lowest BCUT2D eigenvalue weighted by molar-refractivity contribution is 1.18. The van der Waals surface area contributed by atoms with Gasteiger partial charge < -0.3 is 9.13 Å². The molecule has 2 nitrogen and oxygen atoms in total. The van der Waals surface area contributed by atoms with E-state index in [1.54, 1.807) is 0 Å². The van der Waals surface area contributed by atoms with E-state index in [2.05, 4.69) is 215 Å². The Morgan fingerprint density at radius 1 is 0.259 bits per heavy atom. The predicted molar refractivity (Wildman–Crippen MR) is 229 cm³/mol. The first kappa shape index (κ1) is 30.5. The molecule has 0 aliphatic heterocycles. The minimum Gasteiger partial charge on any atom is -0.309 e. The molecule has 0 radical (unpaired) electrons. The molecule has 0 bridgehead atoms. The highest BCUT2D eigenvalue weighted by Gasteiger charge is 2.18. The zero-order valence-corrected chi connectivity index (χ0v) is 29.5. The molecule has 9 aromatic carbocycles. The average molecular weight is 687 g/mol. The molecule has 0 atom stereocenters. The number of aromatic nitrogens is 2. The fourth-order valence-electron chi connectivity index (χ4n) is 8.57. The SMILES string of the molecule is c1ccc(-c2ccc(-n3c4ccc(-c5ccc6c(c5)c5ccccc5n6-c5ccc6ccccc6c5)cc4c4c(-c5ccccc5)cccc43)cc2)cc1. The number of nitrogens with zero attached hydrogens (tertiary/aromatic N) is 2. The maximum absolute atomic E-state index is 2.43. The summed E-state index contributed by atoms with van der Waals surface area (Å²) in [4.78, 5) is 0. The van der Waals surface area contributed by atoms with E-state index in [1.165, 1.54) is 93.5 Å². The lowest BCUT2D eigenvalue weighted by atomic mass is 9.97. The Morgan fingerprint density at radius 3 is 1.57 bits per heavy atom. The third-order valence-corrected chi connectivity index (χ3v) is 11.1. The fourth-order valence-corrected chi connectivity index (χ4v) is 8.57. The molecular formula is C52H34N2. The summed E-state index contributed by atoms with van der Waals surface area (Å²) < 4.78 is 4.84. The van der Waals surface area contributed by atoms with Crippen LogP contribution < -0.4 is 0 Å². The highest BCUT2D eigenvalue weighted by Crippen LogP contribution is 2.42. The van der Waals surface area contributed by atoms with Gasteiger partial charge in [0.1, 0.15) is 0 Å². The van der Waals surface area contributed by atoms with Crippen molar-refractivity contribution in [1.82, 2.24) is 9.13 Å². The van der Waals surface area contributed by atoms with Gasteiger partial charge in [0.05, 0.1) is 22.1 Å². The second kappa shape index (κ2) is 12.2. The Morgan fingerprint density at radius 2 is 0.796 bits per heavy atom. The van der Waals surface area contributed by atoms with Crippen molar-refractivity contribution in [3.63, 3.8) is 0 Å². The molecule has 0 amide bonds. The summed E-state index contributed by atoms with van der Waals surface area (Å²) in [6.07, 6.45) is 0. The molecule has 0 N–H and O–H groups in total. The number of para-hydroxylation sites is 1. The van der Waals surface area contributed by atoms with Crippen LogP contribution in [0.1, 0.15) is 0 Å². The molecule has 0 aliphatic rings. The Kier molecular flexibility index (Phi) is 6.90. The lowest BCUT2D eigenvalue weighted by Crippen LogP contribution is -1.94. The van der Waals surface area contributed by atoms with E-state index in [4.69, 9.17) is 0 Å². The van der Waals surface area contributed by atoms with Crippen molar-refractivity contribution in [1.29, 1.82) is 0 Å². The molecule has 54 heavy (non-hydrogen) atoms. The van der Waals surface area contributed by atoms with E-state index in [-0.39, 0.29) is 0 Å². The monoisotopic (exact) mass is 686 g/mol. The van der Waals surface area contributed by atoms with Crippen molar-refractivity contribution in [2.45, 2.75) is 0 Å². The van der Waals surface area contributed by atoms with Crippen molar-refractivity contribution >= 4 is 54.4 Å². The fraction of sp³-hybridized carbons (Fsp3) is 0. The third-order valence-electron chi connectivity index (χ3n) is 11.1. The minimum absolute atomic E-state index is 1.15. The second-order valence-electron chi connectivity index (χ2n) is 14.2. The van der Waals surface area contributed by atoms with E-state index >= 15 is 0 Å². The Hall–Kier alpha value is -7.16. The van der Waals surface area contributed by atoms with Gasteiger partial charge in [0.2, 0.25) is 0 Å². The summed E-state index contributed by atoms with van der Waals surface area (Å²) in [5.74, 6) is 0. The molecule has 2 aromatic heterocycles. The van der Waals surface area contributed by atoms with Crippen molar-refractivity contribution < 1.29 is 0 Å². The minimum atomic E-state index is 1.15. The standard InChI is InChI=1S/C52H34N2/c1-3-12-35(13-4-1)37-22-27-42(28-23-37)53-50-31-26-41(34-47(50)52-44(19-11-21-51(52)53)38-15-5-2-6-16-38)40-25-30-49-46(33-40)45-18-9-10-20-48(45)54(49)43-29-24-36-14-7-8-17-39(36)32-43/h1-34H. The summed E-state index contributed by atoms with van der Waals surface area (Å²) in [7, 11) is 0. The molecule has 11 rings (SSSR count).